The number of pyridine rings is 1. The second-order valence-corrected chi connectivity index (χ2v) is 6.29. The van der Waals surface area contributed by atoms with E-state index >= 15 is 0 Å². The lowest BCUT2D eigenvalue weighted by atomic mass is 10.1. The van der Waals surface area contributed by atoms with Gasteiger partial charge in [0.05, 0.1) is 12.1 Å². The van der Waals surface area contributed by atoms with Gasteiger partial charge in [-0.3, -0.25) is 9.78 Å². The van der Waals surface area contributed by atoms with Crippen LogP contribution in [-0.2, 0) is 11.2 Å². The fourth-order valence-corrected chi connectivity index (χ4v) is 2.80. The van der Waals surface area contributed by atoms with Crippen LogP contribution in [0, 0.1) is 6.92 Å². The lowest BCUT2D eigenvalue weighted by molar-refractivity contribution is -0.117. The lowest BCUT2D eigenvalue weighted by Gasteiger charge is -2.11. The standard InChI is InChI=1S/C20H18ClN3O/c1-13-9-18(12-19(23-13)15-3-2-4-16(21)11-15)24-17-7-5-14(6-8-17)10-20(22)25/h2-9,11-12H,10H2,1H3,(H2,22,25)(H,23,24). The van der Waals surface area contributed by atoms with Crippen LogP contribution in [0.15, 0.2) is 60.7 Å². The van der Waals surface area contributed by atoms with E-state index < -0.39 is 0 Å². The molecule has 0 fully saturated rings. The minimum atomic E-state index is -0.336. The molecule has 3 N–H and O–H groups in total. The number of aromatic nitrogens is 1. The second-order valence-electron chi connectivity index (χ2n) is 5.86. The molecule has 1 heterocycles. The molecule has 126 valence electrons. The Morgan fingerprint density at radius 3 is 2.52 bits per heavy atom. The van der Waals surface area contributed by atoms with Crippen molar-refractivity contribution in [1.29, 1.82) is 0 Å². The number of aryl methyl sites for hydroxylation is 1. The van der Waals surface area contributed by atoms with Crippen molar-refractivity contribution in [2.24, 2.45) is 5.73 Å². The highest BCUT2D eigenvalue weighted by molar-refractivity contribution is 6.30. The van der Waals surface area contributed by atoms with Crippen LogP contribution in [0.4, 0.5) is 11.4 Å². The number of nitrogens with two attached hydrogens (primary N) is 1. The van der Waals surface area contributed by atoms with Gasteiger partial charge in [0, 0.05) is 27.7 Å². The molecule has 0 aliphatic heterocycles. The molecule has 0 aliphatic carbocycles. The first-order valence-electron chi connectivity index (χ1n) is 7.88. The SMILES string of the molecule is Cc1cc(Nc2ccc(CC(N)=O)cc2)cc(-c2cccc(Cl)c2)n1. The Labute approximate surface area is 151 Å². The number of carbonyl (C=O) groups excluding carboxylic acids is 1. The van der Waals surface area contributed by atoms with Crippen LogP contribution in [0.1, 0.15) is 11.3 Å². The Bertz CT molecular complexity index is 907. The van der Waals surface area contributed by atoms with E-state index in [1.165, 1.54) is 0 Å². The Hall–Kier alpha value is -2.85. The van der Waals surface area contributed by atoms with Crippen LogP contribution in [0.2, 0.25) is 5.02 Å². The van der Waals surface area contributed by atoms with Crippen molar-refractivity contribution in [2.45, 2.75) is 13.3 Å². The van der Waals surface area contributed by atoms with Crippen molar-refractivity contribution in [3.8, 4) is 11.3 Å². The van der Waals surface area contributed by atoms with Crippen LogP contribution < -0.4 is 11.1 Å². The zero-order valence-corrected chi connectivity index (χ0v) is 14.5. The maximum absolute atomic E-state index is 11.0. The summed E-state index contributed by atoms with van der Waals surface area (Å²) in [5.74, 6) is -0.336. The van der Waals surface area contributed by atoms with Crippen molar-refractivity contribution < 1.29 is 4.79 Å². The minimum absolute atomic E-state index is 0.244. The van der Waals surface area contributed by atoms with E-state index in [-0.39, 0.29) is 12.3 Å². The zero-order valence-electron chi connectivity index (χ0n) is 13.8. The summed E-state index contributed by atoms with van der Waals surface area (Å²) in [4.78, 5) is 15.6. The number of benzene rings is 2. The van der Waals surface area contributed by atoms with E-state index in [4.69, 9.17) is 17.3 Å². The molecule has 4 nitrogen and oxygen atoms in total. The average molecular weight is 352 g/mol. The van der Waals surface area contributed by atoms with Crippen molar-refractivity contribution in [3.05, 3.63) is 76.9 Å². The molecule has 0 spiro atoms. The Morgan fingerprint density at radius 1 is 1.08 bits per heavy atom. The van der Waals surface area contributed by atoms with E-state index in [0.717, 1.165) is 33.9 Å². The van der Waals surface area contributed by atoms with Gasteiger partial charge < -0.3 is 11.1 Å². The molecule has 0 saturated carbocycles. The van der Waals surface area contributed by atoms with Gasteiger partial charge in [-0.1, -0.05) is 35.9 Å². The summed E-state index contributed by atoms with van der Waals surface area (Å²) in [5.41, 5.74) is 10.7. The molecular formula is C20H18ClN3O. The molecule has 3 aromatic rings. The summed E-state index contributed by atoms with van der Waals surface area (Å²) < 4.78 is 0. The molecule has 25 heavy (non-hydrogen) atoms. The fraction of sp³-hybridized carbons (Fsp3) is 0.100. The molecule has 2 aromatic carbocycles. The van der Waals surface area contributed by atoms with Gasteiger partial charge in [0.1, 0.15) is 0 Å². The van der Waals surface area contributed by atoms with Crippen molar-refractivity contribution >= 4 is 28.9 Å². The summed E-state index contributed by atoms with van der Waals surface area (Å²) in [6.07, 6.45) is 0.244. The van der Waals surface area contributed by atoms with Gasteiger partial charge in [0.2, 0.25) is 5.91 Å². The predicted molar refractivity (Wildman–Crippen MR) is 102 cm³/mol. The number of primary amides is 1. The minimum Gasteiger partial charge on any atom is -0.369 e. The number of nitrogens with one attached hydrogen (secondary N) is 1. The van der Waals surface area contributed by atoms with E-state index in [1.54, 1.807) is 0 Å². The van der Waals surface area contributed by atoms with Gasteiger partial charge in [0.25, 0.3) is 0 Å². The number of anilines is 2. The molecule has 1 aromatic heterocycles. The highest BCUT2D eigenvalue weighted by Gasteiger charge is 2.05. The average Bonchev–Trinajstić information content (AvgIpc) is 2.56. The molecule has 0 saturated heterocycles. The number of rotatable bonds is 5. The molecular weight excluding hydrogens is 334 g/mol. The Morgan fingerprint density at radius 2 is 1.84 bits per heavy atom. The van der Waals surface area contributed by atoms with E-state index in [2.05, 4.69) is 10.3 Å². The Balaban J connectivity index is 1.84. The Kier molecular flexibility index (Phi) is 5.00. The van der Waals surface area contributed by atoms with Gasteiger partial charge in [-0.05, 0) is 48.9 Å². The van der Waals surface area contributed by atoms with Crippen molar-refractivity contribution in [2.75, 3.05) is 5.32 Å². The van der Waals surface area contributed by atoms with Crippen LogP contribution in [0.5, 0.6) is 0 Å². The highest BCUT2D eigenvalue weighted by Crippen LogP contribution is 2.26. The molecule has 0 unspecified atom stereocenters. The smallest absolute Gasteiger partial charge is 0.221 e. The van der Waals surface area contributed by atoms with Crippen molar-refractivity contribution in [3.63, 3.8) is 0 Å². The monoisotopic (exact) mass is 351 g/mol. The number of halogens is 1. The van der Waals surface area contributed by atoms with E-state index in [9.17, 15) is 4.79 Å². The summed E-state index contributed by atoms with van der Waals surface area (Å²) >= 11 is 6.08. The first-order valence-corrected chi connectivity index (χ1v) is 8.26. The number of carbonyl (C=O) groups is 1. The van der Waals surface area contributed by atoms with Crippen LogP contribution >= 0.6 is 11.6 Å². The van der Waals surface area contributed by atoms with Gasteiger partial charge in [0.15, 0.2) is 0 Å². The molecule has 0 bridgehead atoms. The summed E-state index contributed by atoms with van der Waals surface area (Å²) in [5, 5.41) is 4.04. The molecule has 0 aliphatic rings. The van der Waals surface area contributed by atoms with Gasteiger partial charge in [-0.2, -0.15) is 0 Å². The van der Waals surface area contributed by atoms with Gasteiger partial charge in [-0.15, -0.1) is 0 Å². The topological polar surface area (TPSA) is 68.0 Å². The van der Waals surface area contributed by atoms with Crippen molar-refractivity contribution in [1.82, 2.24) is 4.98 Å². The van der Waals surface area contributed by atoms with E-state index in [0.29, 0.717) is 5.02 Å². The number of amides is 1. The number of hydrogen-bond acceptors (Lipinski definition) is 3. The first-order chi connectivity index (χ1) is 12.0. The second kappa shape index (κ2) is 7.36. The third-order valence-electron chi connectivity index (χ3n) is 3.69. The third kappa shape index (κ3) is 4.58. The van der Waals surface area contributed by atoms with Gasteiger partial charge in [-0.25, -0.2) is 0 Å². The van der Waals surface area contributed by atoms with Gasteiger partial charge >= 0.3 is 0 Å². The number of nitrogens with zero attached hydrogens (tertiary/aromatic N) is 1. The number of hydrogen-bond donors (Lipinski definition) is 2. The third-order valence-corrected chi connectivity index (χ3v) is 3.93. The highest BCUT2D eigenvalue weighted by atomic mass is 35.5. The zero-order chi connectivity index (χ0) is 17.8. The molecule has 0 radical (unpaired) electrons. The van der Waals surface area contributed by atoms with Crippen LogP contribution in [0.25, 0.3) is 11.3 Å². The normalized spacial score (nSPS) is 10.5. The molecule has 1 amide bonds. The van der Waals surface area contributed by atoms with Crippen LogP contribution in [0.3, 0.4) is 0 Å². The fourth-order valence-electron chi connectivity index (χ4n) is 2.61. The summed E-state index contributed by atoms with van der Waals surface area (Å²) in [6, 6.07) is 19.2. The summed E-state index contributed by atoms with van der Waals surface area (Å²) in [6.45, 7) is 1.95. The molecule has 0 atom stereocenters. The predicted octanol–water partition coefficient (Wildman–Crippen LogP) is 4.48. The molecule has 3 rings (SSSR count). The maximum Gasteiger partial charge on any atom is 0.221 e. The first kappa shape index (κ1) is 17.0. The quantitative estimate of drug-likeness (QED) is 0.712. The maximum atomic E-state index is 11.0. The van der Waals surface area contributed by atoms with Crippen LogP contribution in [-0.4, -0.2) is 10.9 Å². The molecule has 5 heteroatoms. The summed E-state index contributed by atoms with van der Waals surface area (Å²) in [7, 11) is 0. The largest absolute Gasteiger partial charge is 0.369 e. The van der Waals surface area contributed by atoms with E-state index in [1.807, 2.05) is 67.6 Å². The lowest BCUT2D eigenvalue weighted by Crippen LogP contribution is -2.13.